The van der Waals surface area contributed by atoms with Gasteiger partial charge in [-0.2, -0.15) is 0 Å². The molecule has 0 aliphatic rings. The lowest BCUT2D eigenvalue weighted by atomic mass is 10.1. The van der Waals surface area contributed by atoms with E-state index in [1.54, 1.807) is 56.5 Å². The average molecular weight is 593 g/mol. The number of benzene rings is 3. The van der Waals surface area contributed by atoms with Crippen LogP contribution in [0.15, 0.2) is 77.7 Å². The number of ether oxygens (including phenoxy) is 1. The zero-order chi connectivity index (χ0) is 28.6. The molecule has 0 radical (unpaired) electrons. The van der Waals surface area contributed by atoms with Crippen molar-refractivity contribution in [2.75, 3.05) is 24.5 Å². The molecule has 0 heterocycles. The second kappa shape index (κ2) is 13.7. The largest absolute Gasteiger partial charge is 0.497 e. The summed E-state index contributed by atoms with van der Waals surface area (Å²) < 4.78 is 33.7. The molecule has 1 N–H and O–H groups in total. The van der Waals surface area contributed by atoms with Crippen molar-refractivity contribution in [1.82, 2.24) is 10.2 Å². The minimum atomic E-state index is -4.19. The van der Waals surface area contributed by atoms with Gasteiger partial charge in [-0.1, -0.05) is 60.5 Å². The first kappa shape index (κ1) is 30.3. The molecule has 1 atom stereocenters. The molecule has 0 saturated carbocycles. The van der Waals surface area contributed by atoms with Gasteiger partial charge in [0, 0.05) is 13.1 Å². The maximum Gasteiger partial charge on any atom is 0.264 e. The van der Waals surface area contributed by atoms with Crippen LogP contribution in [0.5, 0.6) is 5.75 Å². The van der Waals surface area contributed by atoms with E-state index < -0.39 is 28.5 Å². The number of methoxy groups -OCH3 is 1. The normalized spacial score (nSPS) is 11.9. The van der Waals surface area contributed by atoms with Crippen molar-refractivity contribution < 1.29 is 22.7 Å². The highest BCUT2D eigenvalue weighted by Crippen LogP contribution is 2.31. The Balaban J connectivity index is 2.02. The molecule has 3 aromatic carbocycles. The molecule has 0 aliphatic carbocycles. The predicted molar refractivity (Wildman–Crippen MR) is 154 cm³/mol. The molecule has 3 aromatic rings. The van der Waals surface area contributed by atoms with Crippen LogP contribution in [0.4, 0.5) is 5.69 Å². The van der Waals surface area contributed by atoms with Crippen molar-refractivity contribution in [3.8, 4) is 5.75 Å². The number of anilines is 1. The lowest BCUT2D eigenvalue weighted by Gasteiger charge is -2.32. The monoisotopic (exact) mass is 591 g/mol. The number of sulfonamides is 1. The molecule has 0 aromatic heterocycles. The van der Waals surface area contributed by atoms with Gasteiger partial charge in [-0.15, -0.1) is 0 Å². The maximum atomic E-state index is 13.9. The molecular formula is C28H31Cl2N3O5S. The van der Waals surface area contributed by atoms with Gasteiger partial charge >= 0.3 is 0 Å². The number of nitrogens with zero attached hydrogens (tertiary/aromatic N) is 2. The summed E-state index contributed by atoms with van der Waals surface area (Å²) in [4.78, 5) is 28.1. The molecule has 2 amide bonds. The van der Waals surface area contributed by atoms with Crippen LogP contribution in [0.3, 0.4) is 0 Å². The fraction of sp³-hybridized carbons (Fsp3) is 0.286. The Morgan fingerprint density at radius 3 is 2.23 bits per heavy atom. The Labute approximate surface area is 239 Å². The van der Waals surface area contributed by atoms with E-state index in [4.69, 9.17) is 27.9 Å². The zero-order valence-corrected chi connectivity index (χ0v) is 24.3. The van der Waals surface area contributed by atoms with E-state index in [1.165, 1.54) is 35.2 Å². The van der Waals surface area contributed by atoms with Crippen LogP contribution >= 0.6 is 23.2 Å². The van der Waals surface area contributed by atoms with Gasteiger partial charge in [-0.3, -0.25) is 13.9 Å². The number of amides is 2. The Kier molecular flexibility index (Phi) is 10.6. The summed E-state index contributed by atoms with van der Waals surface area (Å²) in [6, 6.07) is 18.3. The van der Waals surface area contributed by atoms with E-state index in [-0.39, 0.29) is 33.1 Å². The summed E-state index contributed by atoms with van der Waals surface area (Å²) in [7, 11) is -2.64. The smallest absolute Gasteiger partial charge is 0.264 e. The van der Waals surface area contributed by atoms with Crippen LogP contribution < -0.4 is 14.4 Å². The van der Waals surface area contributed by atoms with Crippen LogP contribution in [0.2, 0.25) is 10.0 Å². The standard InChI is InChI=1S/C28H31Cl2N3O5S/c1-4-16-31-28(35)20(2)32(18-21-10-13-23(38-3)14-11-21)27(34)19-33(22-12-15-25(29)26(30)17-22)39(36,37)24-8-6-5-7-9-24/h5-15,17,20H,4,16,18-19H2,1-3H3,(H,31,35)/t20-/m1/s1. The van der Waals surface area contributed by atoms with Gasteiger partial charge in [0.1, 0.15) is 18.3 Å². The Bertz CT molecular complexity index is 1390. The van der Waals surface area contributed by atoms with Crippen molar-refractivity contribution in [2.45, 2.75) is 37.8 Å². The number of nitrogens with one attached hydrogen (secondary N) is 1. The van der Waals surface area contributed by atoms with Gasteiger partial charge < -0.3 is 15.0 Å². The van der Waals surface area contributed by atoms with Gasteiger partial charge in [-0.25, -0.2) is 8.42 Å². The van der Waals surface area contributed by atoms with Gasteiger partial charge in [-0.05, 0) is 61.4 Å². The van der Waals surface area contributed by atoms with Crippen molar-refractivity contribution >= 4 is 50.7 Å². The summed E-state index contributed by atoms with van der Waals surface area (Å²) in [6.45, 7) is 3.49. The molecule has 0 spiro atoms. The highest BCUT2D eigenvalue weighted by atomic mass is 35.5. The second-order valence-electron chi connectivity index (χ2n) is 8.76. The van der Waals surface area contributed by atoms with E-state index in [0.717, 1.165) is 16.3 Å². The molecule has 39 heavy (non-hydrogen) atoms. The summed E-state index contributed by atoms with van der Waals surface area (Å²) >= 11 is 12.3. The molecule has 11 heteroatoms. The van der Waals surface area contributed by atoms with Crippen LogP contribution in [0.1, 0.15) is 25.8 Å². The third-order valence-corrected chi connectivity index (χ3v) is 8.56. The number of hydrogen-bond acceptors (Lipinski definition) is 5. The van der Waals surface area contributed by atoms with E-state index in [2.05, 4.69) is 5.32 Å². The molecule has 0 aliphatic heterocycles. The number of halogens is 2. The second-order valence-corrected chi connectivity index (χ2v) is 11.4. The molecule has 0 unspecified atom stereocenters. The number of rotatable bonds is 12. The van der Waals surface area contributed by atoms with E-state index in [1.807, 2.05) is 6.92 Å². The fourth-order valence-corrected chi connectivity index (χ4v) is 5.51. The summed E-state index contributed by atoms with van der Waals surface area (Å²) in [6.07, 6.45) is 0.727. The quantitative estimate of drug-likeness (QED) is 0.314. The number of carbonyl (C=O) groups excluding carboxylic acids is 2. The van der Waals surface area contributed by atoms with E-state index >= 15 is 0 Å². The number of carbonyl (C=O) groups is 2. The topological polar surface area (TPSA) is 96.0 Å². The molecular weight excluding hydrogens is 561 g/mol. The molecule has 8 nitrogen and oxygen atoms in total. The van der Waals surface area contributed by atoms with Crippen molar-refractivity contribution in [3.63, 3.8) is 0 Å². The molecule has 0 bridgehead atoms. The lowest BCUT2D eigenvalue weighted by Crippen LogP contribution is -2.51. The van der Waals surface area contributed by atoms with Crippen LogP contribution in [0, 0.1) is 0 Å². The van der Waals surface area contributed by atoms with Gasteiger partial charge in [0.25, 0.3) is 10.0 Å². The van der Waals surface area contributed by atoms with E-state index in [9.17, 15) is 18.0 Å². The molecule has 3 rings (SSSR count). The first-order valence-electron chi connectivity index (χ1n) is 12.3. The van der Waals surface area contributed by atoms with Crippen LogP contribution in [-0.2, 0) is 26.2 Å². The van der Waals surface area contributed by atoms with Gasteiger partial charge in [0.2, 0.25) is 11.8 Å². The van der Waals surface area contributed by atoms with Crippen LogP contribution in [-0.4, -0.2) is 51.4 Å². The first-order chi connectivity index (χ1) is 18.6. The maximum absolute atomic E-state index is 13.9. The fourth-order valence-electron chi connectivity index (χ4n) is 3.79. The highest BCUT2D eigenvalue weighted by Gasteiger charge is 2.32. The Morgan fingerprint density at radius 2 is 1.64 bits per heavy atom. The Morgan fingerprint density at radius 1 is 0.974 bits per heavy atom. The summed E-state index contributed by atoms with van der Waals surface area (Å²) in [5.41, 5.74) is 0.903. The minimum absolute atomic E-state index is 0.000635. The average Bonchev–Trinajstić information content (AvgIpc) is 2.95. The third-order valence-electron chi connectivity index (χ3n) is 6.03. The molecule has 0 fully saturated rings. The minimum Gasteiger partial charge on any atom is -0.497 e. The van der Waals surface area contributed by atoms with E-state index in [0.29, 0.717) is 12.3 Å². The molecule has 0 saturated heterocycles. The predicted octanol–water partition coefficient (Wildman–Crippen LogP) is 5.14. The number of hydrogen-bond donors (Lipinski definition) is 1. The summed E-state index contributed by atoms with van der Waals surface area (Å²) in [5.74, 6) is -0.272. The Hall–Kier alpha value is -3.27. The molecule has 208 valence electrons. The summed E-state index contributed by atoms with van der Waals surface area (Å²) in [5, 5.41) is 3.19. The van der Waals surface area contributed by atoms with Gasteiger partial charge in [0.05, 0.1) is 27.7 Å². The van der Waals surface area contributed by atoms with Crippen LogP contribution in [0.25, 0.3) is 0 Å². The van der Waals surface area contributed by atoms with Crippen molar-refractivity contribution in [2.24, 2.45) is 0 Å². The van der Waals surface area contributed by atoms with Crippen molar-refractivity contribution in [3.05, 3.63) is 88.4 Å². The zero-order valence-electron chi connectivity index (χ0n) is 21.9. The third kappa shape index (κ3) is 7.65. The SMILES string of the molecule is CCCNC(=O)[C@@H](C)N(Cc1ccc(OC)cc1)C(=O)CN(c1ccc(Cl)c(Cl)c1)S(=O)(=O)c1ccccc1. The highest BCUT2D eigenvalue weighted by molar-refractivity contribution is 7.92. The lowest BCUT2D eigenvalue weighted by molar-refractivity contribution is -0.139. The first-order valence-corrected chi connectivity index (χ1v) is 14.5. The van der Waals surface area contributed by atoms with Gasteiger partial charge in [0.15, 0.2) is 0 Å². The van der Waals surface area contributed by atoms with Crippen molar-refractivity contribution in [1.29, 1.82) is 0 Å².